The maximum atomic E-state index is 6.22. The number of para-hydroxylation sites is 1. The van der Waals surface area contributed by atoms with Gasteiger partial charge in [0.15, 0.2) is 4.77 Å². The van der Waals surface area contributed by atoms with Crippen molar-refractivity contribution in [3.05, 3.63) is 28.0 Å². The Labute approximate surface area is 116 Å². The first-order valence-corrected chi connectivity index (χ1v) is 6.99. The zero-order valence-corrected chi connectivity index (χ0v) is 11.6. The summed E-state index contributed by atoms with van der Waals surface area (Å²) in [6.45, 7) is 2.31. The van der Waals surface area contributed by atoms with E-state index >= 15 is 0 Å². The summed E-state index contributed by atoms with van der Waals surface area (Å²) in [6, 6.07) is 5.79. The second kappa shape index (κ2) is 5.03. The van der Waals surface area contributed by atoms with Crippen molar-refractivity contribution in [2.24, 2.45) is 5.92 Å². The molecule has 1 aromatic heterocycles. The molecule has 1 aliphatic rings. The fourth-order valence-corrected chi connectivity index (χ4v) is 2.65. The highest BCUT2D eigenvalue weighted by Gasteiger charge is 2.21. The largest absolute Gasteiger partial charge is 0.379 e. The summed E-state index contributed by atoms with van der Waals surface area (Å²) in [7, 11) is 0. The van der Waals surface area contributed by atoms with E-state index in [0.29, 0.717) is 11.4 Å². The molecule has 0 unspecified atom stereocenters. The molecule has 0 amide bonds. The highest BCUT2D eigenvalue weighted by atomic mass is 35.5. The molecular formula is C13H15ClN2OS. The Morgan fingerprint density at radius 2 is 2.28 bits per heavy atom. The molecule has 18 heavy (non-hydrogen) atoms. The number of imidazole rings is 1. The van der Waals surface area contributed by atoms with Crippen LogP contribution in [-0.2, 0) is 11.3 Å². The van der Waals surface area contributed by atoms with Gasteiger partial charge in [-0.15, -0.1) is 0 Å². The van der Waals surface area contributed by atoms with E-state index in [2.05, 4.69) is 4.98 Å². The number of aromatic amines is 1. The van der Waals surface area contributed by atoms with Gasteiger partial charge in [0.05, 0.1) is 22.7 Å². The predicted molar refractivity (Wildman–Crippen MR) is 75.7 cm³/mol. The van der Waals surface area contributed by atoms with Crippen molar-refractivity contribution in [1.82, 2.24) is 9.55 Å². The predicted octanol–water partition coefficient (Wildman–Crippen LogP) is 3.78. The molecule has 0 bridgehead atoms. The topological polar surface area (TPSA) is 29.9 Å². The fraction of sp³-hybridized carbons (Fsp3) is 0.462. The van der Waals surface area contributed by atoms with Gasteiger partial charge in [-0.2, -0.15) is 0 Å². The van der Waals surface area contributed by atoms with E-state index in [0.717, 1.165) is 35.1 Å². The lowest BCUT2D eigenvalue weighted by Gasteiger charge is -2.06. The van der Waals surface area contributed by atoms with Gasteiger partial charge in [0.1, 0.15) is 0 Å². The summed E-state index contributed by atoms with van der Waals surface area (Å²) < 4.78 is 8.37. The Morgan fingerprint density at radius 3 is 3.06 bits per heavy atom. The zero-order valence-electron chi connectivity index (χ0n) is 9.99. The van der Waals surface area contributed by atoms with Gasteiger partial charge in [0.25, 0.3) is 0 Å². The molecule has 3 nitrogen and oxygen atoms in total. The second-order valence-electron chi connectivity index (χ2n) is 4.74. The number of nitrogens with zero attached hydrogens (tertiary/aromatic N) is 1. The molecule has 5 heteroatoms. The minimum Gasteiger partial charge on any atom is -0.379 e. The van der Waals surface area contributed by atoms with Crippen molar-refractivity contribution < 1.29 is 4.74 Å². The Hall–Kier alpha value is -0.840. The minimum absolute atomic E-state index is 0.684. The molecule has 1 aromatic carbocycles. The van der Waals surface area contributed by atoms with Crippen LogP contribution in [0.25, 0.3) is 11.0 Å². The molecule has 0 atom stereocenters. The number of rotatable bonds is 5. The number of halogens is 1. The molecular weight excluding hydrogens is 268 g/mol. The van der Waals surface area contributed by atoms with E-state index in [-0.39, 0.29) is 0 Å². The quantitative estimate of drug-likeness (QED) is 0.668. The summed E-state index contributed by atoms with van der Waals surface area (Å²) in [5.74, 6) is 0.796. The summed E-state index contributed by atoms with van der Waals surface area (Å²) >= 11 is 11.5. The monoisotopic (exact) mass is 282 g/mol. The average Bonchev–Trinajstić information content (AvgIpc) is 3.10. The van der Waals surface area contributed by atoms with E-state index < -0.39 is 0 Å². The first-order chi connectivity index (χ1) is 8.75. The molecule has 96 valence electrons. The standard InChI is InChI=1S/C13H15ClN2OS/c14-10-2-1-3-11-12(10)16(13(18)15-11)6-7-17-8-9-4-5-9/h1-3,9H,4-8H2,(H,15,18). The number of fused-ring (bicyclic) bond motifs is 1. The van der Waals surface area contributed by atoms with E-state index in [4.69, 9.17) is 28.6 Å². The van der Waals surface area contributed by atoms with Crippen molar-refractivity contribution >= 4 is 34.9 Å². The molecule has 1 saturated carbocycles. The lowest BCUT2D eigenvalue weighted by atomic mass is 10.3. The van der Waals surface area contributed by atoms with E-state index in [9.17, 15) is 0 Å². The van der Waals surface area contributed by atoms with E-state index in [1.54, 1.807) is 0 Å². The van der Waals surface area contributed by atoms with Crippen LogP contribution in [0.3, 0.4) is 0 Å². The van der Waals surface area contributed by atoms with E-state index in [1.165, 1.54) is 12.8 Å². The number of H-pyrrole nitrogens is 1. The number of hydrogen-bond acceptors (Lipinski definition) is 2. The molecule has 1 fully saturated rings. The van der Waals surface area contributed by atoms with Gasteiger partial charge in [0.2, 0.25) is 0 Å². The Bertz CT molecular complexity index is 615. The first-order valence-electron chi connectivity index (χ1n) is 6.20. The molecule has 0 aliphatic heterocycles. The van der Waals surface area contributed by atoms with Gasteiger partial charge >= 0.3 is 0 Å². The van der Waals surface area contributed by atoms with Crippen LogP contribution in [-0.4, -0.2) is 22.8 Å². The van der Waals surface area contributed by atoms with Crippen LogP contribution in [0.5, 0.6) is 0 Å². The molecule has 1 heterocycles. The maximum Gasteiger partial charge on any atom is 0.178 e. The molecule has 1 N–H and O–H groups in total. The zero-order chi connectivity index (χ0) is 12.5. The number of aromatic nitrogens is 2. The van der Waals surface area contributed by atoms with Crippen molar-refractivity contribution in [3.8, 4) is 0 Å². The molecule has 0 saturated heterocycles. The molecule has 1 aliphatic carbocycles. The van der Waals surface area contributed by atoms with Crippen molar-refractivity contribution in [3.63, 3.8) is 0 Å². The third-order valence-corrected chi connectivity index (χ3v) is 3.88. The SMILES string of the molecule is S=c1[nH]c2cccc(Cl)c2n1CCOCC1CC1. The van der Waals surface area contributed by atoms with Crippen LogP contribution in [0.1, 0.15) is 12.8 Å². The van der Waals surface area contributed by atoms with Gasteiger partial charge in [-0.3, -0.25) is 0 Å². The summed E-state index contributed by atoms with van der Waals surface area (Å²) in [6.07, 6.45) is 2.64. The third kappa shape index (κ3) is 2.46. The number of benzene rings is 1. The number of ether oxygens (including phenoxy) is 1. The highest BCUT2D eigenvalue weighted by Crippen LogP contribution is 2.28. The second-order valence-corrected chi connectivity index (χ2v) is 5.53. The normalized spacial score (nSPS) is 15.4. The van der Waals surface area contributed by atoms with Crippen molar-refractivity contribution in [2.45, 2.75) is 19.4 Å². The molecule has 2 aromatic rings. The minimum atomic E-state index is 0.684. The molecule has 3 rings (SSSR count). The van der Waals surface area contributed by atoms with Crippen LogP contribution in [0, 0.1) is 10.7 Å². The van der Waals surface area contributed by atoms with E-state index in [1.807, 2.05) is 22.8 Å². The average molecular weight is 283 g/mol. The highest BCUT2D eigenvalue weighted by molar-refractivity contribution is 7.71. The van der Waals surface area contributed by atoms with Crippen molar-refractivity contribution in [2.75, 3.05) is 13.2 Å². The number of nitrogens with one attached hydrogen (secondary N) is 1. The Kier molecular flexibility index (Phi) is 3.41. The van der Waals surface area contributed by atoms with Gasteiger partial charge in [-0.25, -0.2) is 0 Å². The molecule has 0 spiro atoms. The first kappa shape index (κ1) is 12.2. The third-order valence-electron chi connectivity index (χ3n) is 3.25. The summed E-state index contributed by atoms with van der Waals surface area (Å²) in [5, 5.41) is 0.724. The van der Waals surface area contributed by atoms with Gasteiger partial charge in [0, 0.05) is 13.2 Å². The summed E-state index contributed by atoms with van der Waals surface area (Å²) in [5.41, 5.74) is 1.95. The van der Waals surface area contributed by atoms with Crippen LogP contribution in [0.4, 0.5) is 0 Å². The maximum absolute atomic E-state index is 6.22. The fourth-order valence-electron chi connectivity index (χ4n) is 2.08. The molecule has 0 radical (unpaired) electrons. The van der Waals surface area contributed by atoms with Crippen molar-refractivity contribution in [1.29, 1.82) is 0 Å². The Balaban J connectivity index is 1.77. The van der Waals surface area contributed by atoms with Gasteiger partial charge in [-0.1, -0.05) is 17.7 Å². The smallest absolute Gasteiger partial charge is 0.178 e. The number of hydrogen-bond donors (Lipinski definition) is 1. The summed E-state index contributed by atoms with van der Waals surface area (Å²) in [4.78, 5) is 3.17. The lowest BCUT2D eigenvalue weighted by Crippen LogP contribution is -2.07. The van der Waals surface area contributed by atoms with Crippen LogP contribution < -0.4 is 0 Å². The van der Waals surface area contributed by atoms with Gasteiger partial charge < -0.3 is 14.3 Å². The lowest BCUT2D eigenvalue weighted by molar-refractivity contribution is 0.117. The van der Waals surface area contributed by atoms with Crippen LogP contribution >= 0.6 is 23.8 Å². The Morgan fingerprint density at radius 1 is 1.44 bits per heavy atom. The van der Waals surface area contributed by atoms with Crippen LogP contribution in [0.2, 0.25) is 5.02 Å². The van der Waals surface area contributed by atoms with Gasteiger partial charge in [-0.05, 0) is 43.1 Å². The van der Waals surface area contributed by atoms with Crippen LogP contribution in [0.15, 0.2) is 18.2 Å².